The molecule has 3 rings (SSSR count). The number of ether oxygens (including phenoxy) is 2. The number of hydrogen-bond donors (Lipinski definition) is 0. The Balaban J connectivity index is 1.49. The molecule has 0 radical (unpaired) electrons. The Morgan fingerprint density at radius 3 is 2.70 bits per heavy atom. The van der Waals surface area contributed by atoms with Gasteiger partial charge < -0.3 is 9.47 Å². The first kappa shape index (κ1) is 15.8. The van der Waals surface area contributed by atoms with Crippen LogP contribution in [0.5, 0.6) is 5.75 Å². The van der Waals surface area contributed by atoms with E-state index in [1.807, 2.05) is 48.5 Å². The number of thiazole rings is 1. The number of nitrogens with zero attached hydrogens (tertiary/aromatic N) is 1. The number of thioether (sulfide) groups is 1. The van der Waals surface area contributed by atoms with Gasteiger partial charge in [-0.25, -0.2) is 4.98 Å². The van der Waals surface area contributed by atoms with Crippen LogP contribution in [-0.2, 0) is 16.1 Å². The molecule has 3 aromatic rings. The molecule has 2 aromatic carbocycles. The SMILES string of the molecule is COc1ccc(COC(=O)CSc2nc3ccccc3s2)cc1. The van der Waals surface area contributed by atoms with Crippen molar-refractivity contribution in [2.24, 2.45) is 0 Å². The quantitative estimate of drug-likeness (QED) is 0.496. The number of rotatable bonds is 6. The first-order valence-electron chi connectivity index (χ1n) is 7.01. The molecule has 6 heteroatoms. The molecule has 1 aromatic heterocycles. The highest BCUT2D eigenvalue weighted by atomic mass is 32.2. The lowest BCUT2D eigenvalue weighted by Gasteiger charge is -2.05. The summed E-state index contributed by atoms with van der Waals surface area (Å²) in [6.45, 7) is 0.267. The van der Waals surface area contributed by atoms with Crippen LogP contribution in [0.1, 0.15) is 5.56 Å². The molecule has 0 unspecified atom stereocenters. The number of hydrogen-bond acceptors (Lipinski definition) is 6. The van der Waals surface area contributed by atoms with Gasteiger partial charge in [0.1, 0.15) is 12.4 Å². The second-order valence-corrected chi connectivity index (χ2v) is 7.00. The average molecular weight is 345 g/mol. The Hall–Kier alpha value is -2.05. The van der Waals surface area contributed by atoms with Crippen molar-refractivity contribution < 1.29 is 14.3 Å². The summed E-state index contributed by atoms with van der Waals surface area (Å²) in [6.07, 6.45) is 0. The fourth-order valence-corrected chi connectivity index (χ4v) is 3.83. The van der Waals surface area contributed by atoms with E-state index in [2.05, 4.69) is 4.98 Å². The van der Waals surface area contributed by atoms with Gasteiger partial charge in [0.15, 0.2) is 4.34 Å². The molecule has 0 amide bonds. The van der Waals surface area contributed by atoms with E-state index < -0.39 is 0 Å². The zero-order chi connectivity index (χ0) is 16.1. The summed E-state index contributed by atoms with van der Waals surface area (Å²) in [6, 6.07) is 15.4. The molecule has 0 saturated heterocycles. The van der Waals surface area contributed by atoms with Crippen LogP contribution in [0.25, 0.3) is 10.2 Å². The summed E-state index contributed by atoms with van der Waals surface area (Å²) < 4.78 is 12.4. The van der Waals surface area contributed by atoms with Crippen LogP contribution in [0.2, 0.25) is 0 Å². The van der Waals surface area contributed by atoms with Crippen molar-refractivity contribution in [1.82, 2.24) is 4.98 Å². The maximum absolute atomic E-state index is 11.8. The standard InChI is InChI=1S/C17H15NO3S2/c1-20-13-8-6-12(7-9-13)10-21-16(19)11-22-17-18-14-4-2-3-5-15(14)23-17/h2-9H,10-11H2,1H3. The third-order valence-corrected chi connectivity index (χ3v) is 5.30. The number of fused-ring (bicyclic) bond motifs is 1. The van der Waals surface area contributed by atoms with Gasteiger partial charge in [0.25, 0.3) is 0 Å². The van der Waals surface area contributed by atoms with Gasteiger partial charge in [0.05, 0.1) is 23.1 Å². The van der Waals surface area contributed by atoms with Crippen LogP contribution in [-0.4, -0.2) is 23.8 Å². The van der Waals surface area contributed by atoms with E-state index >= 15 is 0 Å². The van der Waals surface area contributed by atoms with E-state index in [9.17, 15) is 4.79 Å². The summed E-state index contributed by atoms with van der Waals surface area (Å²) in [5.41, 5.74) is 1.90. The van der Waals surface area contributed by atoms with Crippen LogP contribution in [0.4, 0.5) is 0 Å². The van der Waals surface area contributed by atoms with Crippen LogP contribution in [0, 0.1) is 0 Å². The molecule has 0 atom stereocenters. The second kappa shape index (κ2) is 7.48. The number of carbonyl (C=O) groups is 1. The highest BCUT2D eigenvalue weighted by Crippen LogP contribution is 2.29. The third-order valence-electron chi connectivity index (χ3n) is 3.15. The van der Waals surface area contributed by atoms with E-state index in [0.717, 1.165) is 25.9 Å². The summed E-state index contributed by atoms with van der Waals surface area (Å²) in [5, 5.41) is 0. The fourth-order valence-electron chi connectivity index (χ4n) is 1.96. The molecular weight excluding hydrogens is 330 g/mol. The summed E-state index contributed by atoms with van der Waals surface area (Å²) in [4.78, 5) is 16.3. The zero-order valence-electron chi connectivity index (χ0n) is 12.5. The van der Waals surface area contributed by atoms with Gasteiger partial charge in [0.2, 0.25) is 0 Å². The predicted molar refractivity (Wildman–Crippen MR) is 93.1 cm³/mol. The number of aromatic nitrogens is 1. The lowest BCUT2D eigenvalue weighted by Crippen LogP contribution is -2.07. The van der Waals surface area contributed by atoms with Crippen molar-refractivity contribution >= 4 is 39.3 Å². The van der Waals surface area contributed by atoms with Gasteiger partial charge in [0, 0.05) is 0 Å². The summed E-state index contributed by atoms with van der Waals surface area (Å²) in [7, 11) is 1.62. The molecular formula is C17H15NO3S2. The topological polar surface area (TPSA) is 48.4 Å². The van der Waals surface area contributed by atoms with Crippen molar-refractivity contribution in [2.75, 3.05) is 12.9 Å². The highest BCUT2D eigenvalue weighted by molar-refractivity contribution is 8.01. The molecule has 0 bridgehead atoms. The largest absolute Gasteiger partial charge is 0.497 e. The summed E-state index contributed by atoms with van der Waals surface area (Å²) >= 11 is 3.00. The van der Waals surface area contributed by atoms with E-state index in [1.165, 1.54) is 11.8 Å². The number of esters is 1. The normalized spacial score (nSPS) is 10.7. The maximum Gasteiger partial charge on any atom is 0.316 e. The lowest BCUT2D eigenvalue weighted by atomic mass is 10.2. The molecule has 0 saturated carbocycles. The first-order chi connectivity index (χ1) is 11.2. The molecule has 0 N–H and O–H groups in total. The Morgan fingerprint density at radius 2 is 1.96 bits per heavy atom. The molecule has 0 fully saturated rings. The highest BCUT2D eigenvalue weighted by Gasteiger charge is 2.09. The predicted octanol–water partition coefficient (Wildman–Crippen LogP) is 4.14. The summed E-state index contributed by atoms with van der Waals surface area (Å²) in [5.74, 6) is 0.798. The third kappa shape index (κ3) is 4.24. The van der Waals surface area contributed by atoms with Gasteiger partial charge in [-0.2, -0.15) is 0 Å². The number of carbonyl (C=O) groups excluding carboxylic acids is 1. The molecule has 0 aliphatic rings. The van der Waals surface area contributed by atoms with Crippen molar-refractivity contribution in [3.63, 3.8) is 0 Å². The molecule has 23 heavy (non-hydrogen) atoms. The first-order valence-corrected chi connectivity index (χ1v) is 8.82. The Kier molecular flexibility index (Phi) is 5.15. The van der Waals surface area contributed by atoms with Crippen molar-refractivity contribution in [3.8, 4) is 5.75 Å². The second-order valence-electron chi connectivity index (χ2n) is 4.74. The van der Waals surface area contributed by atoms with E-state index in [-0.39, 0.29) is 18.3 Å². The molecule has 4 nitrogen and oxygen atoms in total. The minimum absolute atomic E-state index is 0.245. The molecule has 0 aliphatic heterocycles. The zero-order valence-corrected chi connectivity index (χ0v) is 14.2. The fraction of sp³-hybridized carbons (Fsp3) is 0.176. The molecule has 0 spiro atoms. The lowest BCUT2D eigenvalue weighted by molar-refractivity contribution is -0.141. The number of para-hydroxylation sites is 1. The van der Waals surface area contributed by atoms with Crippen LogP contribution < -0.4 is 4.74 Å². The Bertz CT molecular complexity index is 766. The van der Waals surface area contributed by atoms with E-state index in [0.29, 0.717) is 0 Å². The van der Waals surface area contributed by atoms with E-state index in [1.54, 1.807) is 18.4 Å². The monoisotopic (exact) mass is 345 g/mol. The van der Waals surface area contributed by atoms with Gasteiger partial charge >= 0.3 is 5.97 Å². The van der Waals surface area contributed by atoms with Crippen molar-refractivity contribution in [2.45, 2.75) is 10.9 Å². The van der Waals surface area contributed by atoms with Crippen LogP contribution in [0.15, 0.2) is 52.9 Å². The smallest absolute Gasteiger partial charge is 0.316 e. The van der Waals surface area contributed by atoms with Crippen LogP contribution >= 0.6 is 23.1 Å². The molecule has 1 heterocycles. The minimum Gasteiger partial charge on any atom is -0.497 e. The van der Waals surface area contributed by atoms with Gasteiger partial charge in [-0.05, 0) is 29.8 Å². The van der Waals surface area contributed by atoms with Crippen LogP contribution in [0.3, 0.4) is 0 Å². The van der Waals surface area contributed by atoms with Gasteiger partial charge in [-0.1, -0.05) is 36.0 Å². The Morgan fingerprint density at radius 1 is 1.17 bits per heavy atom. The average Bonchev–Trinajstić information content (AvgIpc) is 3.01. The minimum atomic E-state index is -0.245. The van der Waals surface area contributed by atoms with Crippen molar-refractivity contribution in [3.05, 3.63) is 54.1 Å². The molecule has 0 aliphatic carbocycles. The van der Waals surface area contributed by atoms with E-state index in [4.69, 9.17) is 9.47 Å². The number of benzene rings is 2. The number of methoxy groups -OCH3 is 1. The Labute approximate surface area is 142 Å². The maximum atomic E-state index is 11.8. The van der Waals surface area contributed by atoms with Gasteiger partial charge in [-0.15, -0.1) is 11.3 Å². The molecule has 118 valence electrons. The van der Waals surface area contributed by atoms with Gasteiger partial charge in [-0.3, -0.25) is 4.79 Å². The van der Waals surface area contributed by atoms with Crippen molar-refractivity contribution in [1.29, 1.82) is 0 Å².